The van der Waals surface area contributed by atoms with Crippen LogP contribution in [0.5, 0.6) is 0 Å². The van der Waals surface area contributed by atoms with Gasteiger partial charge in [0.1, 0.15) is 0 Å². The summed E-state index contributed by atoms with van der Waals surface area (Å²) in [5.41, 5.74) is 1.23. The Balaban J connectivity index is 1.89. The second-order valence-electron chi connectivity index (χ2n) is 4.91. The number of carbonyl (C=O) groups is 1. The lowest BCUT2D eigenvalue weighted by Crippen LogP contribution is -2.38. The van der Waals surface area contributed by atoms with Gasteiger partial charge in [-0.25, -0.2) is 0 Å². The van der Waals surface area contributed by atoms with Gasteiger partial charge >= 0.3 is 0 Å². The minimum absolute atomic E-state index is 0.292. The molecule has 0 radical (unpaired) electrons. The maximum Gasteiger partial charge on any atom is 0.157 e. The first kappa shape index (κ1) is 11.6. The van der Waals surface area contributed by atoms with Gasteiger partial charge in [0, 0.05) is 37.8 Å². The summed E-state index contributed by atoms with van der Waals surface area (Å²) in [6.45, 7) is 5.70. The lowest BCUT2D eigenvalue weighted by molar-refractivity contribution is -0.114. The van der Waals surface area contributed by atoms with Crippen LogP contribution in [0.15, 0.2) is 11.8 Å². The number of nitrogens with zero attached hydrogens (tertiary/aromatic N) is 2. The van der Waals surface area contributed by atoms with E-state index in [1.807, 2.05) is 6.08 Å². The average Bonchev–Trinajstić information content (AvgIpc) is 2.86. The van der Waals surface area contributed by atoms with Gasteiger partial charge in [-0.1, -0.05) is 6.92 Å². The van der Waals surface area contributed by atoms with Crippen molar-refractivity contribution in [3.8, 4) is 0 Å². The first-order valence-electron chi connectivity index (χ1n) is 6.39. The molecule has 16 heavy (non-hydrogen) atoms. The highest BCUT2D eigenvalue weighted by Gasteiger charge is 2.25. The molecule has 2 aliphatic rings. The first-order valence-corrected chi connectivity index (χ1v) is 6.39. The molecule has 0 aromatic carbocycles. The summed E-state index contributed by atoms with van der Waals surface area (Å²) in [6.07, 6.45) is 6.10. The molecule has 3 heteroatoms. The zero-order chi connectivity index (χ0) is 11.5. The van der Waals surface area contributed by atoms with Crippen molar-refractivity contribution in [1.82, 2.24) is 9.80 Å². The van der Waals surface area contributed by atoms with E-state index < -0.39 is 0 Å². The summed E-state index contributed by atoms with van der Waals surface area (Å²) in [6, 6.07) is 0.687. The third kappa shape index (κ3) is 2.46. The van der Waals surface area contributed by atoms with Crippen molar-refractivity contribution in [3.05, 3.63) is 11.8 Å². The number of hydrogen-bond donors (Lipinski definition) is 0. The molecule has 0 aromatic rings. The monoisotopic (exact) mass is 222 g/mol. The Hall–Kier alpha value is -0.830. The summed E-state index contributed by atoms with van der Waals surface area (Å²) in [4.78, 5) is 16.0. The van der Waals surface area contributed by atoms with Crippen molar-refractivity contribution in [3.63, 3.8) is 0 Å². The summed E-state index contributed by atoms with van der Waals surface area (Å²) in [7, 11) is 2.12. The van der Waals surface area contributed by atoms with Crippen LogP contribution in [0.2, 0.25) is 0 Å². The third-order valence-corrected chi connectivity index (χ3v) is 3.84. The van der Waals surface area contributed by atoms with Gasteiger partial charge in [-0.15, -0.1) is 0 Å². The molecule has 0 N–H and O–H groups in total. The predicted octanol–water partition coefficient (Wildman–Crippen LogP) is 1.65. The van der Waals surface area contributed by atoms with Crippen molar-refractivity contribution in [2.75, 3.05) is 26.7 Å². The maximum absolute atomic E-state index is 11.2. The van der Waals surface area contributed by atoms with E-state index in [0.29, 0.717) is 18.2 Å². The largest absolute Gasteiger partial charge is 0.376 e. The lowest BCUT2D eigenvalue weighted by Gasteiger charge is -2.29. The minimum atomic E-state index is 0.292. The molecule has 0 aromatic heterocycles. The average molecular weight is 222 g/mol. The summed E-state index contributed by atoms with van der Waals surface area (Å²) < 4.78 is 0. The molecule has 0 amide bonds. The Kier molecular flexibility index (Phi) is 3.64. The van der Waals surface area contributed by atoms with Crippen molar-refractivity contribution in [2.24, 2.45) is 0 Å². The topological polar surface area (TPSA) is 23.6 Å². The van der Waals surface area contributed by atoms with Crippen LogP contribution in [0.3, 0.4) is 0 Å². The van der Waals surface area contributed by atoms with Crippen LogP contribution in [-0.2, 0) is 4.79 Å². The van der Waals surface area contributed by atoms with Crippen LogP contribution in [0, 0.1) is 0 Å². The normalized spacial score (nSPS) is 26.2. The quantitative estimate of drug-likeness (QED) is 0.722. The highest BCUT2D eigenvalue weighted by molar-refractivity contribution is 5.92. The smallest absolute Gasteiger partial charge is 0.157 e. The molecule has 0 bridgehead atoms. The fraction of sp³-hybridized carbons (Fsp3) is 0.769. The van der Waals surface area contributed by atoms with Crippen LogP contribution < -0.4 is 0 Å². The molecule has 90 valence electrons. The highest BCUT2D eigenvalue weighted by Crippen LogP contribution is 2.22. The number of carbonyl (C=O) groups excluding carboxylic acids is 1. The molecule has 1 saturated heterocycles. The number of likely N-dealkylation sites (tertiary alicyclic amines) is 1. The van der Waals surface area contributed by atoms with Gasteiger partial charge < -0.3 is 4.90 Å². The Bertz CT molecular complexity index is 298. The zero-order valence-corrected chi connectivity index (χ0v) is 10.4. The number of rotatable bonds is 4. The van der Waals surface area contributed by atoms with E-state index in [0.717, 1.165) is 19.5 Å². The third-order valence-electron chi connectivity index (χ3n) is 3.84. The Morgan fingerprint density at radius 2 is 2.31 bits per heavy atom. The fourth-order valence-electron chi connectivity index (χ4n) is 2.83. The van der Waals surface area contributed by atoms with Gasteiger partial charge in [-0.2, -0.15) is 0 Å². The zero-order valence-electron chi connectivity index (χ0n) is 10.4. The summed E-state index contributed by atoms with van der Waals surface area (Å²) in [5.74, 6) is 0.292. The lowest BCUT2D eigenvalue weighted by atomic mass is 10.2. The van der Waals surface area contributed by atoms with Crippen LogP contribution >= 0.6 is 0 Å². The van der Waals surface area contributed by atoms with E-state index >= 15 is 0 Å². The standard InChI is InChI=1S/C13H22N2O/c1-3-15-8-4-5-12(15)10-14(2)11-6-7-13(16)9-11/h9,12H,3-8,10H2,1-2H3. The number of likely N-dealkylation sites (N-methyl/N-ethyl adjacent to an activating group) is 2. The molecule has 0 saturated carbocycles. The number of hydrogen-bond acceptors (Lipinski definition) is 3. The van der Waals surface area contributed by atoms with Gasteiger partial charge in [0.05, 0.1) is 0 Å². The molecule has 1 heterocycles. The predicted molar refractivity (Wildman–Crippen MR) is 65.2 cm³/mol. The molecular weight excluding hydrogens is 200 g/mol. The second-order valence-corrected chi connectivity index (χ2v) is 4.91. The van der Waals surface area contributed by atoms with Crippen LogP contribution in [-0.4, -0.2) is 48.3 Å². The molecule has 1 fully saturated rings. The molecule has 1 aliphatic heterocycles. The molecule has 3 nitrogen and oxygen atoms in total. The fourth-order valence-corrected chi connectivity index (χ4v) is 2.83. The van der Waals surface area contributed by atoms with E-state index in [1.165, 1.54) is 25.1 Å². The molecule has 1 atom stereocenters. The Morgan fingerprint density at radius 1 is 1.50 bits per heavy atom. The maximum atomic E-state index is 11.2. The van der Waals surface area contributed by atoms with Crippen molar-refractivity contribution in [1.29, 1.82) is 0 Å². The Morgan fingerprint density at radius 3 is 2.94 bits per heavy atom. The van der Waals surface area contributed by atoms with Crippen molar-refractivity contribution in [2.45, 2.75) is 38.6 Å². The van der Waals surface area contributed by atoms with Gasteiger partial charge in [-0.3, -0.25) is 9.69 Å². The Labute approximate surface area is 98.1 Å². The number of ketones is 1. The van der Waals surface area contributed by atoms with Crippen LogP contribution in [0.25, 0.3) is 0 Å². The highest BCUT2D eigenvalue weighted by atomic mass is 16.1. The van der Waals surface area contributed by atoms with E-state index in [4.69, 9.17) is 0 Å². The van der Waals surface area contributed by atoms with E-state index in [-0.39, 0.29) is 0 Å². The van der Waals surface area contributed by atoms with Crippen molar-refractivity contribution >= 4 is 5.78 Å². The molecule has 2 rings (SSSR count). The van der Waals surface area contributed by atoms with Crippen molar-refractivity contribution < 1.29 is 4.79 Å². The van der Waals surface area contributed by atoms with Crippen LogP contribution in [0.1, 0.15) is 32.6 Å². The molecular formula is C13H22N2O. The number of allylic oxidation sites excluding steroid dienone is 2. The van der Waals surface area contributed by atoms with Gasteiger partial charge in [0.2, 0.25) is 0 Å². The molecule has 1 aliphatic carbocycles. The van der Waals surface area contributed by atoms with Gasteiger partial charge in [0.25, 0.3) is 0 Å². The second kappa shape index (κ2) is 5.00. The van der Waals surface area contributed by atoms with Gasteiger partial charge in [-0.05, 0) is 32.4 Å². The van der Waals surface area contributed by atoms with E-state index in [1.54, 1.807) is 0 Å². The first-order chi connectivity index (χ1) is 7.70. The molecule has 0 spiro atoms. The SMILES string of the molecule is CCN1CCCC1CN(C)C1=CC(=O)CC1. The summed E-state index contributed by atoms with van der Waals surface area (Å²) in [5, 5.41) is 0. The van der Waals surface area contributed by atoms with Gasteiger partial charge in [0.15, 0.2) is 5.78 Å². The van der Waals surface area contributed by atoms with E-state index in [9.17, 15) is 4.79 Å². The van der Waals surface area contributed by atoms with E-state index in [2.05, 4.69) is 23.8 Å². The minimum Gasteiger partial charge on any atom is -0.376 e. The summed E-state index contributed by atoms with van der Waals surface area (Å²) >= 11 is 0. The molecule has 1 unspecified atom stereocenters. The van der Waals surface area contributed by atoms with Crippen LogP contribution in [0.4, 0.5) is 0 Å².